The van der Waals surface area contributed by atoms with Crippen LogP contribution in [0.15, 0.2) is 24.3 Å². The number of rotatable bonds is 12. The van der Waals surface area contributed by atoms with E-state index in [2.05, 4.69) is 6.92 Å². The van der Waals surface area contributed by atoms with Gasteiger partial charge in [0.15, 0.2) is 0 Å². The maximum atomic E-state index is 12.1. The molecule has 1 rings (SSSR count). The number of hydrogen-bond acceptors (Lipinski definition) is 4. The molecule has 0 aliphatic heterocycles. The lowest BCUT2D eigenvalue weighted by Gasteiger charge is -2.16. The molecule has 1 aliphatic carbocycles. The van der Waals surface area contributed by atoms with Crippen LogP contribution in [0.25, 0.3) is 0 Å². The van der Waals surface area contributed by atoms with Gasteiger partial charge in [-0.1, -0.05) is 50.5 Å². The Labute approximate surface area is 150 Å². The Morgan fingerprint density at radius 3 is 2.72 bits per heavy atom. The minimum atomic E-state index is -0.801. The smallest absolute Gasteiger partial charge is 0.303 e. The number of aliphatic hydroxyl groups is 2. The summed E-state index contributed by atoms with van der Waals surface area (Å²) in [6.45, 7) is 2.11. The summed E-state index contributed by atoms with van der Waals surface area (Å²) >= 11 is 0. The average molecular weight is 352 g/mol. The van der Waals surface area contributed by atoms with E-state index in [-0.39, 0.29) is 30.5 Å². The normalized spacial score (nSPS) is 25.2. The van der Waals surface area contributed by atoms with Crippen LogP contribution in [-0.4, -0.2) is 39.3 Å². The van der Waals surface area contributed by atoms with E-state index in [1.54, 1.807) is 12.2 Å². The van der Waals surface area contributed by atoms with Crippen molar-refractivity contribution in [2.24, 2.45) is 11.8 Å². The Hall–Kier alpha value is -1.46. The predicted octanol–water partition coefficient (Wildman–Crippen LogP) is 3.25. The average Bonchev–Trinajstić information content (AvgIpc) is 2.82. The van der Waals surface area contributed by atoms with Gasteiger partial charge in [-0.05, 0) is 25.7 Å². The van der Waals surface area contributed by atoms with E-state index in [0.717, 1.165) is 19.3 Å². The number of ketones is 1. The van der Waals surface area contributed by atoms with E-state index in [0.29, 0.717) is 25.7 Å². The van der Waals surface area contributed by atoms with E-state index >= 15 is 0 Å². The molecule has 25 heavy (non-hydrogen) atoms. The van der Waals surface area contributed by atoms with Gasteiger partial charge in [-0.3, -0.25) is 9.59 Å². The zero-order valence-electron chi connectivity index (χ0n) is 15.1. The largest absolute Gasteiger partial charge is 0.481 e. The SMILES string of the molecule is CCCCC[C@H](O)/C=C/[C@@H]1C(O)CC(=O)C1C/C=C\CCCC(=O)O. The lowest BCUT2D eigenvalue weighted by Crippen LogP contribution is -2.18. The Morgan fingerprint density at radius 2 is 2.04 bits per heavy atom. The highest BCUT2D eigenvalue weighted by atomic mass is 16.4. The van der Waals surface area contributed by atoms with Crippen LogP contribution in [0.1, 0.15) is 64.7 Å². The minimum absolute atomic E-state index is 0.0535. The molecule has 5 heteroatoms. The van der Waals surface area contributed by atoms with Gasteiger partial charge in [0.25, 0.3) is 0 Å². The highest BCUT2D eigenvalue weighted by Gasteiger charge is 2.39. The summed E-state index contributed by atoms with van der Waals surface area (Å²) in [4.78, 5) is 22.5. The number of carboxylic acid groups (broad SMARTS) is 1. The second kappa shape index (κ2) is 12.0. The molecule has 2 unspecified atom stereocenters. The van der Waals surface area contributed by atoms with Crippen LogP contribution >= 0.6 is 0 Å². The van der Waals surface area contributed by atoms with Crippen molar-refractivity contribution in [2.45, 2.75) is 76.9 Å². The van der Waals surface area contributed by atoms with Crippen LogP contribution in [0.5, 0.6) is 0 Å². The quantitative estimate of drug-likeness (QED) is 0.370. The lowest BCUT2D eigenvalue weighted by molar-refractivity contribution is -0.137. The molecule has 3 N–H and O–H groups in total. The van der Waals surface area contributed by atoms with Crippen molar-refractivity contribution in [1.29, 1.82) is 0 Å². The second-order valence-corrected chi connectivity index (χ2v) is 6.86. The van der Waals surface area contributed by atoms with Crippen molar-refractivity contribution in [3.05, 3.63) is 24.3 Å². The van der Waals surface area contributed by atoms with E-state index in [9.17, 15) is 19.8 Å². The third-order valence-corrected chi connectivity index (χ3v) is 4.71. The molecule has 0 amide bonds. The van der Waals surface area contributed by atoms with Crippen LogP contribution in [0.2, 0.25) is 0 Å². The maximum absolute atomic E-state index is 12.1. The first kappa shape index (κ1) is 21.6. The second-order valence-electron chi connectivity index (χ2n) is 6.86. The highest BCUT2D eigenvalue weighted by Crippen LogP contribution is 2.33. The molecule has 1 saturated carbocycles. The number of Topliss-reactive ketones (excluding diaryl/α,β-unsaturated/α-hetero) is 1. The standard InChI is InChI=1S/C20H32O5/c1-2-3-6-9-15(21)12-13-17-16(18(22)14-19(17)23)10-7-4-5-8-11-20(24)25/h4,7,12-13,15-17,19,21,23H,2-3,5-6,8-11,14H2,1H3,(H,24,25)/b7-4-,13-12+/t15-,16?,17-,19?/m0/s1. The van der Waals surface area contributed by atoms with E-state index < -0.39 is 18.2 Å². The van der Waals surface area contributed by atoms with Crippen LogP contribution in [0, 0.1) is 11.8 Å². The van der Waals surface area contributed by atoms with Gasteiger partial charge >= 0.3 is 5.97 Å². The summed E-state index contributed by atoms with van der Waals surface area (Å²) in [7, 11) is 0. The third kappa shape index (κ3) is 8.45. The fourth-order valence-electron chi connectivity index (χ4n) is 3.22. The van der Waals surface area contributed by atoms with Crippen molar-refractivity contribution in [3.8, 4) is 0 Å². The predicted molar refractivity (Wildman–Crippen MR) is 97.1 cm³/mol. The van der Waals surface area contributed by atoms with Crippen molar-refractivity contribution in [3.63, 3.8) is 0 Å². The number of aliphatic carboxylic acids is 1. The third-order valence-electron chi connectivity index (χ3n) is 4.71. The molecular weight excluding hydrogens is 320 g/mol. The van der Waals surface area contributed by atoms with Gasteiger partial charge in [-0.2, -0.15) is 0 Å². The Morgan fingerprint density at radius 1 is 1.28 bits per heavy atom. The maximum Gasteiger partial charge on any atom is 0.303 e. The summed E-state index contributed by atoms with van der Waals surface area (Å²) in [6.07, 6.45) is 12.1. The number of carboxylic acids is 1. The Bertz CT molecular complexity index is 469. The van der Waals surface area contributed by atoms with Gasteiger partial charge in [-0.25, -0.2) is 0 Å². The first-order valence-electron chi connectivity index (χ1n) is 9.39. The van der Waals surface area contributed by atoms with Gasteiger partial charge < -0.3 is 15.3 Å². The molecule has 1 fully saturated rings. The first-order valence-corrected chi connectivity index (χ1v) is 9.39. The number of hydrogen-bond donors (Lipinski definition) is 3. The van der Waals surface area contributed by atoms with Crippen LogP contribution in [0.3, 0.4) is 0 Å². The van der Waals surface area contributed by atoms with Crippen molar-refractivity contribution in [2.75, 3.05) is 0 Å². The zero-order valence-corrected chi connectivity index (χ0v) is 15.1. The molecule has 0 spiro atoms. The molecule has 0 radical (unpaired) electrons. The molecule has 1 aliphatic rings. The Kier molecular flexibility index (Phi) is 10.3. The summed E-state index contributed by atoms with van der Waals surface area (Å²) < 4.78 is 0. The fourth-order valence-corrected chi connectivity index (χ4v) is 3.22. The summed E-state index contributed by atoms with van der Waals surface area (Å²) in [5.41, 5.74) is 0. The van der Waals surface area contributed by atoms with Gasteiger partial charge in [0.2, 0.25) is 0 Å². The van der Waals surface area contributed by atoms with E-state index in [1.807, 2.05) is 12.2 Å². The molecule has 5 nitrogen and oxygen atoms in total. The molecule has 0 aromatic heterocycles. The van der Waals surface area contributed by atoms with Gasteiger partial charge in [0.1, 0.15) is 5.78 Å². The van der Waals surface area contributed by atoms with Crippen LogP contribution in [-0.2, 0) is 9.59 Å². The zero-order chi connectivity index (χ0) is 18.7. The number of allylic oxidation sites excluding steroid dienone is 2. The van der Waals surface area contributed by atoms with Crippen molar-refractivity contribution >= 4 is 11.8 Å². The number of carbonyl (C=O) groups is 2. The van der Waals surface area contributed by atoms with Crippen molar-refractivity contribution < 1.29 is 24.9 Å². The van der Waals surface area contributed by atoms with E-state index in [1.165, 1.54) is 0 Å². The van der Waals surface area contributed by atoms with Gasteiger partial charge in [0.05, 0.1) is 12.2 Å². The van der Waals surface area contributed by atoms with Crippen LogP contribution in [0.4, 0.5) is 0 Å². The number of carbonyl (C=O) groups excluding carboxylic acids is 1. The summed E-state index contributed by atoms with van der Waals surface area (Å²) in [5, 5.41) is 28.7. The molecule has 0 saturated heterocycles. The fraction of sp³-hybridized carbons (Fsp3) is 0.700. The van der Waals surface area contributed by atoms with Gasteiger partial charge in [-0.15, -0.1) is 0 Å². The summed E-state index contributed by atoms with van der Waals surface area (Å²) in [5.74, 6) is -1.26. The number of unbranched alkanes of at least 4 members (excludes halogenated alkanes) is 3. The summed E-state index contributed by atoms with van der Waals surface area (Å²) in [6, 6.07) is 0. The van der Waals surface area contributed by atoms with Crippen LogP contribution < -0.4 is 0 Å². The highest BCUT2D eigenvalue weighted by molar-refractivity contribution is 5.84. The topological polar surface area (TPSA) is 94.8 Å². The molecule has 142 valence electrons. The molecule has 0 heterocycles. The molecule has 0 bridgehead atoms. The van der Waals surface area contributed by atoms with Gasteiger partial charge in [0, 0.05) is 24.7 Å². The monoisotopic (exact) mass is 352 g/mol. The molecule has 0 aromatic rings. The molecule has 4 atom stereocenters. The van der Waals surface area contributed by atoms with Crippen molar-refractivity contribution in [1.82, 2.24) is 0 Å². The minimum Gasteiger partial charge on any atom is -0.481 e. The molecule has 0 aromatic carbocycles. The number of aliphatic hydroxyl groups excluding tert-OH is 2. The molecular formula is C20H32O5. The van der Waals surface area contributed by atoms with E-state index in [4.69, 9.17) is 5.11 Å². The Balaban J connectivity index is 2.48. The first-order chi connectivity index (χ1) is 12.0. The lowest BCUT2D eigenvalue weighted by atomic mass is 9.90.